The minimum Gasteiger partial charge on any atom is -0.384 e. The molecule has 1 aromatic carbocycles. The number of fused-ring (bicyclic) bond motifs is 1. The van der Waals surface area contributed by atoms with Crippen LogP contribution in [0.3, 0.4) is 0 Å². The molecule has 174 valence electrons. The molecule has 3 N–H and O–H groups in total. The van der Waals surface area contributed by atoms with Crippen molar-refractivity contribution in [1.82, 2.24) is 40.1 Å². The van der Waals surface area contributed by atoms with Crippen LogP contribution in [0.1, 0.15) is 30.3 Å². The van der Waals surface area contributed by atoms with Crippen LogP contribution in [0.15, 0.2) is 73.0 Å². The molecule has 6 rings (SSSR count). The van der Waals surface area contributed by atoms with Gasteiger partial charge in [-0.05, 0) is 71.3 Å². The van der Waals surface area contributed by atoms with Crippen molar-refractivity contribution in [3.8, 4) is 16.9 Å². The molecule has 0 amide bonds. The van der Waals surface area contributed by atoms with Crippen molar-refractivity contribution in [1.29, 1.82) is 0 Å². The summed E-state index contributed by atoms with van der Waals surface area (Å²) in [5.74, 6) is 1.21. The van der Waals surface area contributed by atoms with Crippen LogP contribution in [0, 0.1) is 0 Å². The van der Waals surface area contributed by atoms with Gasteiger partial charge in [0.15, 0.2) is 0 Å². The van der Waals surface area contributed by atoms with Crippen molar-refractivity contribution in [2.75, 3.05) is 5.73 Å². The van der Waals surface area contributed by atoms with Gasteiger partial charge in [0.25, 0.3) is 0 Å². The van der Waals surface area contributed by atoms with Crippen molar-refractivity contribution < 1.29 is 0 Å². The number of hydrogen-bond donors (Lipinski definition) is 2. The average Bonchev–Trinajstić information content (AvgIpc) is 3.59. The summed E-state index contributed by atoms with van der Waals surface area (Å²) >= 11 is 12.6. The van der Waals surface area contributed by atoms with Gasteiger partial charge in [-0.15, -0.1) is 5.10 Å². The minimum atomic E-state index is 0.0270. The molecule has 0 radical (unpaired) electrons. The Morgan fingerprint density at radius 1 is 1.11 bits per heavy atom. The lowest BCUT2D eigenvalue weighted by atomic mass is 9.98. The number of nitrogens with one attached hydrogen (secondary N) is 1. The third kappa shape index (κ3) is 3.78. The number of imidazole rings is 1. The van der Waals surface area contributed by atoms with E-state index in [0.29, 0.717) is 16.0 Å². The first-order valence-electron chi connectivity index (χ1n) is 10.9. The number of aromatic amines is 1. The number of anilines is 1. The molecule has 2 aliphatic heterocycles. The zero-order valence-electron chi connectivity index (χ0n) is 18.4. The number of rotatable bonds is 4. The first-order chi connectivity index (χ1) is 17.0. The highest BCUT2D eigenvalue weighted by Gasteiger charge is 2.35. The second kappa shape index (κ2) is 8.37. The van der Waals surface area contributed by atoms with E-state index >= 15 is 0 Å². The number of allylic oxidation sites excluding steroid dienone is 4. The second-order valence-corrected chi connectivity index (χ2v) is 9.12. The Bertz CT molecular complexity index is 1520. The topological polar surface area (TPSA) is 114 Å². The Labute approximate surface area is 210 Å². The molecule has 11 heteroatoms. The number of tetrazole rings is 1. The smallest absolute Gasteiger partial charge is 0.143 e. The Hall–Kier alpha value is -3.95. The van der Waals surface area contributed by atoms with Gasteiger partial charge in [0, 0.05) is 27.5 Å². The van der Waals surface area contributed by atoms with Crippen molar-refractivity contribution >= 4 is 34.6 Å². The molecule has 9 nitrogen and oxygen atoms in total. The molecule has 0 aliphatic carbocycles. The predicted octanol–water partition coefficient (Wildman–Crippen LogP) is 4.97. The lowest BCUT2D eigenvalue weighted by Gasteiger charge is -2.31. The fourth-order valence-electron chi connectivity index (χ4n) is 4.65. The summed E-state index contributed by atoms with van der Waals surface area (Å²) in [5.41, 5.74) is 12.1. The van der Waals surface area contributed by atoms with Crippen molar-refractivity contribution in [3.05, 3.63) is 94.5 Å². The Morgan fingerprint density at radius 3 is 2.80 bits per heavy atom. The fourth-order valence-corrected chi connectivity index (χ4v) is 5.08. The highest BCUT2D eigenvalue weighted by atomic mass is 35.5. The SMILES string of the molecule is C=C1C=C(c2cc(Cl)ccc2-n2cnnn2)C=C2CCC(c3ncc(-c4ccc(N)nc4Cl)[nH]3)N12. The molecule has 1 atom stereocenters. The molecule has 1 unspecified atom stereocenters. The van der Waals surface area contributed by atoms with E-state index in [2.05, 4.69) is 48.0 Å². The Kier molecular flexibility index (Phi) is 5.16. The first kappa shape index (κ1) is 21.6. The molecule has 35 heavy (non-hydrogen) atoms. The van der Waals surface area contributed by atoms with Gasteiger partial charge in [-0.25, -0.2) is 9.97 Å². The summed E-state index contributed by atoms with van der Waals surface area (Å²) in [6.45, 7) is 4.35. The van der Waals surface area contributed by atoms with Crippen LogP contribution in [0.25, 0.3) is 22.5 Å². The number of hydrogen-bond acceptors (Lipinski definition) is 7. The van der Waals surface area contributed by atoms with E-state index in [1.165, 1.54) is 0 Å². The lowest BCUT2D eigenvalue weighted by Crippen LogP contribution is -2.23. The standard InChI is InChI=1S/C24H19Cl2N9/c1-13-8-14(18-10-15(25)2-5-20(18)34-12-29-32-33-34)9-16-3-6-21(35(13)16)24-28-11-19(30-24)17-4-7-22(27)31-23(17)26/h2,4-5,7-12,21H,1,3,6H2,(H2,27,31)(H,28,30). The van der Waals surface area contributed by atoms with Gasteiger partial charge in [0.05, 0.1) is 23.6 Å². The van der Waals surface area contributed by atoms with Gasteiger partial charge in [-0.2, -0.15) is 4.68 Å². The highest BCUT2D eigenvalue weighted by Crippen LogP contribution is 2.45. The zero-order chi connectivity index (χ0) is 24.1. The Balaban J connectivity index is 1.32. The van der Waals surface area contributed by atoms with E-state index in [4.69, 9.17) is 28.9 Å². The van der Waals surface area contributed by atoms with Crippen LogP contribution < -0.4 is 5.73 Å². The van der Waals surface area contributed by atoms with Gasteiger partial charge in [0.1, 0.15) is 23.1 Å². The fraction of sp³-hybridized carbons (Fsp3) is 0.125. The second-order valence-electron chi connectivity index (χ2n) is 8.32. The number of pyridine rings is 1. The third-order valence-electron chi connectivity index (χ3n) is 6.19. The molecule has 0 bridgehead atoms. The molecule has 0 saturated carbocycles. The van der Waals surface area contributed by atoms with E-state index in [-0.39, 0.29) is 6.04 Å². The normalized spacial score (nSPS) is 17.4. The maximum Gasteiger partial charge on any atom is 0.143 e. The lowest BCUT2D eigenvalue weighted by molar-refractivity contribution is 0.366. The van der Waals surface area contributed by atoms with Gasteiger partial charge >= 0.3 is 0 Å². The maximum absolute atomic E-state index is 6.35. The number of benzene rings is 1. The largest absolute Gasteiger partial charge is 0.384 e. The van der Waals surface area contributed by atoms with E-state index in [1.807, 2.05) is 30.3 Å². The minimum absolute atomic E-state index is 0.0270. The molecule has 3 aromatic heterocycles. The molecule has 1 saturated heterocycles. The van der Waals surface area contributed by atoms with E-state index in [1.54, 1.807) is 23.3 Å². The highest BCUT2D eigenvalue weighted by molar-refractivity contribution is 6.32. The van der Waals surface area contributed by atoms with Gasteiger partial charge in [-0.3, -0.25) is 0 Å². The van der Waals surface area contributed by atoms with Gasteiger partial charge < -0.3 is 15.6 Å². The summed E-state index contributed by atoms with van der Waals surface area (Å²) < 4.78 is 1.62. The summed E-state index contributed by atoms with van der Waals surface area (Å²) in [6.07, 6.45) is 9.32. The molecular weight excluding hydrogens is 485 g/mol. The van der Waals surface area contributed by atoms with Crippen LogP contribution in [0.5, 0.6) is 0 Å². The summed E-state index contributed by atoms with van der Waals surface area (Å²) in [6, 6.07) is 9.23. The number of aromatic nitrogens is 7. The molecule has 0 spiro atoms. The Morgan fingerprint density at radius 2 is 2.00 bits per heavy atom. The number of nitrogen functional groups attached to an aromatic ring is 1. The van der Waals surface area contributed by atoms with Crippen LogP contribution >= 0.6 is 23.2 Å². The van der Waals surface area contributed by atoms with Gasteiger partial charge in [-0.1, -0.05) is 29.8 Å². The van der Waals surface area contributed by atoms with Crippen molar-refractivity contribution in [3.63, 3.8) is 0 Å². The van der Waals surface area contributed by atoms with Gasteiger partial charge in [0.2, 0.25) is 0 Å². The van der Waals surface area contributed by atoms with Crippen LogP contribution in [0.2, 0.25) is 10.2 Å². The van der Waals surface area contributed by atoms with Crippen LogP contribution in [-0.2, 0) is 0 Å². The predicted molar refractivity (Wildman–Crippen MR) is 134 cm³/mol. The molecule has 1 fully saturated rings. The number of halogens is 2. The quantitative estimate of drug-likeness (QED) is 0.377. The number of H-pyrrole nitrogens is 1. The third-order valence-corrected chi connectivity index (χ3v) is 6.71. The summed E-state index contributed by atoms with van der Waals surface area (Å²) in [7, 11) is 0. The first-order valence-corrected chi connectivity index (χ1v) is 11.6. The average molecular weight is 504 g/mol. The van der Waals surface area contributed by atoms with Crippen LogP contribution in [-0.4, -0.2) is 40.1 Å². The number of nitrogens with two attached hydrogens (primary N) is 1. The van der Waals surface area contributed by atoms with Crippen molar-refractivity contribution in [2.24, 2.45) is 0 Å². The van der Waals surface area contributed by atoms with E-state index in [0.717, 1.165) is 58.1 Å². The summed E-state index contributed by atoms with van der Waals surface area (Å²) in [5, 5.41) is 12.5. The monoisotopic (exact) mass is 503 g/mol. The molecule has 4 aromatic rings. The zero-order valence-corrected chi connectivity index (χ0v) is 19.9. The van der Waals surface area contributed by atoms with E-state index in [9.17, 15) is 0 Å². The van der Waals surface area contributed by atoms with Crippen molar-refractivity contribution in [2.45, 2.75) is 18.9 Å². The summed E-state index contributed by atoms with van der Waals surface area (Å²) in [4.78, 5) is 14.4. The molecule has 2 aliphatic rings. The van der Waals surface area contributed by atoms with Crippen LogP contribution in [0.4, 0.5) is 5.82 Å². The van der Waals surface area contributed by atoms with E-state index < -0.39 is 0 Å². The molecular formula is C24H19Cl2N9. The number of nitrogens with zero attached hydrogens (tertiary/aromatic N) is 7. The maximum atomic E-state index is 6.35. The molecule has 5 heterocycles.